The highest BCUT2D eigenvalue weighted by atomic mass is 16.5. The third-order valence-corrected chi connectivity index (χ3v) is 3.13. The smallest absolute Gasteiger partial charge is 0.139 e. The Morgan fingerprint density at radius 1 is 1.22 bits per heavy atom. The number of hydrogen-bond donors (Lipinski definition) is 1. The second-order valence-corrected chi connectivity index (χ2v) is 4.60. The third-order valence-electron chi connectivity index (χ3n) is 3.13. The van der Waals surface area contributed by atoms with Crippen LogP contribution in [0.25, 0.3) is 0 Å². The van der Waals surface area contributed by atoms with Gasteiger partial charge in [-0.05, 0) is 31.7 Å². The van der Waals surface area contributed by atoms with Crippen molar-refractivity contribution < 1.29 is 9.84 Å². The van der Waals surface area contributed by atoms with E-state index >= 15 is 0 Å². The highest BCUT2D eigenvalue weighted by Crippen LogP contribution is 2.22. The monoisotopic (exact) mass is 245 g/mol. The van der Waals surface area contributed by atoms with Crippen molar-refractivity contribution in [3.8, 4) is 17.6 Å². The molecule has 3 heteroatoms. The molecule has 0 radical (unpaired) electrons. The predicted molar refractivity (Wildman–Crippen MR) is 70.3 cm³/mol. The molecule has 1 heterocycles. The van der Waals surface area contributed by atoms with Gasteiger partial charge in [-0.3, -0.25) is 4.98 Å². The van der Waals surface area contributed by atoms with Gasteiger partial charge in [0, 0.05) is 11.8 Å². The maximum absolute atomic E-state index is 8.66. The molecule has 1 aromatic heterocycles. The van der Waals surface area contributed by atoms with Crippen LogP contribution in [0.15, 0.2) is 18.5 Å². The van der Waals surface area contributed by atoms with Crippen LogP contribution in [0.4, 0.5) is 0 Å². The summed E-state index contributed by atoms with van der Waals surface area (Å²) in [5.74, 6) is 6.24. The Balaban J connectivity index is 1.99. The number of aliphatic hydroxyl groups excluding tert-OH is 1. The summed E-state index contributed by atoms with van der Waals surface area (Å²) in [6, 6.07) is 1.89. The van der Waals surface area contributed by atoms with E-state index in [4.69, 9.17) is 9.84 Å². The lowest BCUT2D eigenvalue weighted by Crippen LogP contribution is -2.15. The Kier molecular flexibility index (Phi) is 5.04. The lowest BCUT2D eigenvalue weighted by atomic mass is 10.1. The van der Waals surface area contributed by atoms with Gasteiger partial charge in [0.2, 0.25) is 0 Å². The quantitative estimate of drug-likeness (QED) is 0.643. The molecule has 0 saturated heterocycles. The molecule has 1 aliphatic rings. The summed E-state index contributed by atoms with van der Waals surface area (Å²) in [7, 11) is 0. The van der Waals surface area contributed by atoms with Gasteiger partial charge in [-0.25, -0.2) is 0 Å². The van der Waals surface area contributed by atoms with Crippen LogP contribution in [0, 0.1) is 11.8 Å². The SMILES string of the molecule is OCC#Cc1cncc(OC2CCCCCC2)c1. The summed E-state index contributed by atoms with van der Waals surface area (Å²) < 4.78 is 5.96. The van der Waals surface area contributed by atoms with E-state index in [9.17, 15) is 0 Å². The standard InChI is InChI=1S/C15H19NO2/c17-9-5-6-13-10-15(12-16-11-13)18-14-7-3-1-2-4-8-14/h10-12,14,17H,1-4,7-9H2. The Morgan fingerprint density at radius 2 is 2.00 bits per heavy atom. The van der Waals surface area contributed by atoms with Crippen molar-refractivity contribution in [2.75, 3.05) is 6.61 Å². The minimum Gasteiger partial charge on any atom is -0.489 e. The Morgan fingerprint density at radius 3 is 2.72 bits per heavy atom. The number of nitrogens with zero attached hydrogens (tertiary/aromatic N) is 1. The van der Waals surface area contributed by atoms with Crippen LogP contribution in [-0.4, -0.2) is 22.8 Å². The molecule has 1 aliphatic carbocycles. The van der Waals surface area contributed by atoms with E-state index in [1.807, 2.05) is 6.07 Å². The Hall–Kier alpha value is -1.53. The van der Waals surface area contributed by atoms with E-state index < -0.39 is 0 Å². The zero-order valence-corrected chi connectivity index (χ0v) is 10.6. The van der Waals surface area contributed by atoms with Gasteiger partial charge >= 0.3 is 0 Å². The molecule has 1 N–H and O–H groups in total. The van der Waals surface area contributed by atoms with Crippen LogP contribution in [-0.2, 0) is 0 Å². The first-order chi connectivity index (χ1) is 8.88. The number of hydrogen-bond acceptors (Lipinski definition) is 3. The van der Waals surface area contributed by atoms with E-state index in [2.05, 4.69) is 16.8 Å². The molecular weight excluding hydrogens is 226 g/mol. The van der Waals surface area contributed by atoms with Crippen molar-refractivity contribution in [3.63, 3.8) is 0 Å². The molecule has 0 spiro atoms. The first-order valence-electron chi connectivity index (χ1n) is 6.60. The van der Waals surface area contributed by atoms with Gasteiger partial charge in [0.25, 0.3) is 0 Å². The van der Waals surface area contributed by atoms with Crippen molar-refractivity contribution in [1.29, 1.82) is 0 Å². The molecule has 96 valence electrons. The first kappa shape index (κ1) is 12.9. The number of pyridine rings is 1. The molecule has 18 heavy (non-hydrogen) atoms. The molecule has 0 bridgehead atoms. The lowest BCUT2D eigenvalue weighted by molar-refractivity contribution is 0.183. The largest absolute Gasteiger partial charge is 0.489 e. The van der Waals surface area contributed by atoms with Crippen molar-refractivity contribution in [2.24, 2.45) is 0 Å². The number of ether oxygens (including phenoxy) is 1. The highest BCUT2D eigenvalue weighted by molar-refractivity contribution is 5.36. The summed E-state index contributed by atoms with van der Waals surface area (Å²) in [4.78, 5) is 4.12. The molecule has 0 aromatic carbocycles. The van der Waals surface area contributed by atoms with Crippen molar-refractivity contribution in [2.45, 2.75) is 44.6 Å². The van der Waals surface area contributed by atoms with Crippen LogP contribution < -0.4 is 4.74 Å². The van der Waals surface area contributed by atoms with E-state index in [1.54, 1.807) is 12.4 Å². The van der Waals surface area contributed by atoms with E-state index in [-0.39, 0.29) is 6.61 Å². The lowest BCUT2D eigenvalue weighted by Gasteiger charge is -2.16. The summed E-state index contributed by atoms with van der Waals surface area (Å²) in [6.07, 6.45) is 11.1. The first-order valence-corrected chi connectivity index (χ1v) is 6.60. The fourth-order valence-electron chi connectivity index (χ4n) is 2.25. The van der Waals surface area contributed by atoms with E-state index in [0.717, 1.165) is 24.2 Å². The van der Waals surface area contributed by atoms with Crippen molar-refractivity contribution in [3.05, 3.63) is 24.0 Å². The zero-order valence-electron chi connectivity index (χ0n) is 10.6. The molecule has 2 rings (SSSR count). The maximum atomic E-state index is 8.66. The number of rotatable bonds is 2. The number of aliphatic hydroxyl groups is 1. The Labute approximate surface area is 108 Å². The Bertz CT molecular complexity index is 426. The highest BCUT2D eigenvalue weighted by Gasteiger charge is 2.13. The van der Waals surface area contributed by atoms with Crippen LogP contribution in [0.2, 0.25) is 0 Å². The van der Waals surface area contributed by atoms with E-state index in [1.165, 1.54) is 25.7 Å². The van der Waals surface area contributed by atoms with Crippen LogP contribution >= 0.6 is 0 Å². The molecular formula is C15H19NO2. The molecule has 0 aliphatic heterocycles. The van der Waals surface area contributed by atoms with Crippen LogP contribution in [0.5, 0.6) is 5.75 Å². The fourth-order valence-corrected chi connectivity index (χ4v) is 2.25. The van der Waals surface area contributed by atoms with Crippen molar-refractivity contribution >= 4 is 0 Å². The summed E-state index contributed by atoms with van der Waals surface area (Å²) in [5.41, 5.74) is 0.787. The predicted octanol–water partition coefficient (Wildman–Crippen LogP) is 2.53. The van der Waals surface area contributed by atoms with Crippen molar-refractivity contribution in [1.82, 2.24) is 4.98 Å². The van der Waals surface area contributed by atoms with Gasteiger partial charge in [0.1, 0.15) is 12.4 Å². The molecule has 1 aromatic rings. The molecule has 0 atom stereocenters. The summed E-state index contributed by atoms with van der Waals surface area (Å²) in [6.45, 7) is -0.131. The average Bonchev–Trinajstić information content (AvgIpc) is 2.65. The molecule has 1 saturated carbocycles. The van der Waals surface area contributed by atoms with Crippen LogP contribution in [0.1, 0.15) is 44.1 Å². The topological polar surface area (TPSA) is 42.4 Å². The molecule has 1 fully saturated rings. The van der Waals surface area contributed by atoms with E-state index in [0.29, 0.717) is 6.10 Å². The minimum atomic E-state index is -0.131. The molecule has 0 unspecified atom stereocenters. The molecule has 0 amide bonds. The maximum Gasteiger partial charge on any atom is 0.139 e. The second kappa shape index (κ2) is 7.03. The minimum absolute atomic E-state index is 0.131. The van der Waals surface area contributed by atoms with Crippen LogP contribution in [0.3, 0.4) is 0 Å². The van der Waals surface area contributed by atoms with Gasteiger partial charge in [0.15, 0.2) is 0 Å². The van der Waals surface area contributed by atoms with Gasteiger partial charge < -0.3 is 9.84 Å². The number of aromatic nitrogens is 1. The summed E-state index contributed by atoms with van der Waals surface area (Å²) >= 11 is 0. The molecule has 3 nitrogen and oxygen atoms in total. The fraction of sp³-hybridized carbons (Fsp3) is 0.533. The third kappa shape index (κ3) is 4.05. The van der Waals surface area contributed by atoms with Gasteiger partial charge in [-0.2, -0.15) is 0 Å². The van der Waals surface area contributed by atoms with Gasteiger partial charge in [-0.1, -0.05) is 24.7 Å². The second-order valence-electron chi connectivity index (χ2n) is 4.60. The van der Waals surface area contributed by atoms with Gasteiger partial charge in [0.05, 0.1) is 12.3 Å². The zero-order chi connectivity index (χ0) is 12.6. The van der Waals surface area contributed by atoms with Gasteiger partial charge in [-0.15, -0.1) is 0 Å². The average molecular weight is 245 g/mol. The normalized spacial score (nSPS) is 16.5. The summed E-state index contributed by atoms with van der Waals surface area (Å²) in [5, 5.41) is 8.66.